The Bertz CT molecular complexity index is 1570. The van der Waals surface area contributed by atoms with Crippen molar-refractivity contribution in [2.75, 3.05) is 0 Å². The minimum absolute atomic E-state index is 0.00901. The number of nitrogens with zero attached hydrogens (tertiary/aromatic N) is 4. The largest absolute Gasteiger partial charge is 0.508 e. The monoisotopic (exact) mass is 536 g/mol. The van der Waals surface area contributed by atoms with Crippen molar-refractivity contribution in [2.45, 2.75) is 46.1 Å². The molecular formula is C32H32N4O4. The highest BCUT2D eigenvalue weighted by Crippen LogP contribution is 2.40. The molecule has 0 fully saturated rings. The Morgan fingerprint density at radius 1 is 0.600 bits per heavy atom. The molecule has 8 heteroatoms. The van der Waals surface area contributed by atoms with Gasteiger partial charge in [0.1, 0.15) is 23.0 Å². The molecule has 0 bridgehead atoms. The highest BCUT2D eigenvalue weighted by Gasteiger charge is 2.22. The minimum atomic E-state index is -0.0915. The van der Waals surface area contributed by atoms with Gasteiger partial charge in [-0.05, 0) is 54.8 Å². The Kier molecular flexibility index (Phi) is 7.68. The molecule has 0 spiro atoms. The topological polar surface area (TPSA) is 125 Å². The average Bonchev–Trinajstić information content (AvgIpc) is 3.42. The zero-order valence-corrected chi connectivity index (χ0v) is 22.5. The highest BCUT2D eigenvalue weighted by molar-refractivity contribution is 5.74. The molecule has 0 amide bonds. The van der Waals surface area contributed by atoms with Gasteiger partial charge in [0, 0.05) is 23.9 Å². The maximum Gasteiger partial charge on any atom is 0.180 e. The molecule has 0 saturated carbocycles. The van der Waals surface area contributed by atoms with E-state index < -0.39 is 0 Å². The molecule has 0 radical (unpaired) electrons. The molecule has 5 aromatic rings. The third-order valence-electron chi connectivity index (χ3n) is 6.89. The van der Waals surface area contributed by atoms with Crippen molar-refractivity contribution < 1.29 is 20.4 Å². The molecule has 204 valence electrons. The van der Waals surface area contributed by atoms with Crippen LogP contribution in [0, 0.1) is 0 Å². The zero-order chi connectivity index (χ0) is 28.2. The molecule has 40 heavy (non-hydrogen) atoms. The van der Waals surface area contributed by atoms with Crippen LogP contribution in [0.25, 0.3) is 34.3 Å². The van der Waals surface area contributed by atoms with E-state index in [-0.39, 0.29) is 34.6 Å². The summed E-state index contributed by atoms with van der Waals surface area (Å²) in [5.41, 5.74) is 3.38. The third-order valence-corrected chi connectivity index (χ3v) is 6.89. The Morgan fingerprint density at radius 3 is 1.65 bits per heavy atom. The molecule has 0 aliphatic heterocycles. The predicted octanol–water partition coefficient (Wildman–Crippen LogP) is 6.45. The molecule has 2 aromatic heterocycles. The molecule has 8 nitrogen and oxygen atoms in total. The second kappa shape index (κ2) is 11.5. The van der Waals surface area contributed by atoms with Crippen molar-refractivity contribution in [1.29, 1.82) is 0 Å². The Morgan fingerprint density at radius 2 is 1.12 bits per heavy atom. The first-order chi connectivity index (χ1) is 19.4. The van der Waals surface area contributed by atoms with E-state index in [9.17, 15) is 20.4 Å². The van der Waals surface area contributed by atoms with Gasteiger partial charge >= 0.3 is 0 Å². The summed E-state index contributed by atoms with van der Waals surface area (Å²) in [6.45, 7) is 4.52. The maximum absolute atomic E-state index is 11.1. The summed E-state index contributed by atoms with van der Waals surface area (Å²) in [4.78, 5) is 14.2. The lowest BCUT2D eigenvalue weighted by atomic mass is 10.0. The fourth-order valence-corrected chi connectivity index (χ4v) is 4.87. The first-order valence-electron chi connectivity index (χ1n) is 13.4. The SMILES string of the molecule is CCCc1c(O)ccc(-c2nc(-c3ccc(O)c(CCC)c3O)nc(-c3cccn3Cc3ccccc3)n2)c1O. The minimum Gasteiger partial charge on any atom is -0.508 e. The first-order valence-corrected chi connectivity index (χ1v) is 13.4. The average molecular weight is 537 g/mol. The summed E-state index contributed by atoms with van der Waals surface area (Å²) in [6.07, 6.45) is 4.37. The van der Waals surface area contributed by atoms with E-state index in [1.807, 2.05) is 67.1 Å². The van der Waals surface area contributed by atoms with Crippen LogP contribution in [-0.4, -0.2) is 39.9 Å². The molecule has 3 aromatic carbocycles. The summed E-state index contributed by atoms with van der Waals surface area (Å²) in [6, 6.07) is 20.1. The number of phenolic OH excluding ortho intramolecular Hbond substituents is 4. The summed E-state index contributed by atoms with van der Waals surface area (Å²) < 4.78 is 2.02. The van der Waals surface area contributed by atoms with Crippen molar-refractivity contribution in [3.63, 3.8) is 0 Å². The lowest BCUT2D eigenvalue weighted by Crippen LogP contribution is -2.06. The molecule has 2 heterocycles. The zero-order valence-electron chi connectivity index (χ0n) is 22.5. The summed E-state index contributed by atoms with van der Waals surface area (Å²) in [5.74, 6) is 0.593. The molecule has 4 N–H and O–H groups in total. The molecule has 5 rings (SSSR count). The van der Waals surface area contributed by atoms with Gasteiger partial charge in [0.25, 0.3) is 0 Å². The van der Waals surface area contributed by atoms with Gasteiger partial charge in [-0.3, -0.25) is 0 Å². The molecule has 0 saturated heterocycles. The lowest BCUT2D eigenvalue weighted by molar-refractivity contribution is 0.438. The van der Waals surface area contributed by atoms with Gasteiger partial charge in [-0.2, -0.15) is 0 Å². The highest BCUT2D eigenvalue weighted by atomic mass is 16.3. The van der Waals surface area contributed by atoms with E-state index in [2.05, 4.69) is 4.98 Å². The standard InChI is InChI=1S/C32H32N4O4/c1-3-9-21-26(37)16-14-23(28(21)39)30-33-31(24-15-17-27(38)22(10-4-2)29(24)40)35-32(34-30)25-13-8-18-36(25)19-20-11-6-5-7-12-20/h5-8,11-18,37-40H,3-4,9-10,19H2,1-2H3. The quantitative estimate of drug-likeness (QED) is 0.171. The van der Waals surface area contributed by atoms with Gasteiger partial charge in [0.2, 0.25) is 0 Å². The fraction of sp³-hybridized carbons (Fsp3) is 0.219. The molecule has 0 aliphatic rings. The lowest BCUT2D eigenvalue weighted by Gasteiger charge is -2.15. The molecule has 0 atom stereocenters. The predicted molar refractivity (Wildman–Crippen MR) is 154 cm³/mol. The Balaban J connectivity index is 1.72. The van der Waals surface area contributed by atoms with E-state index in [4.69, 9.17) is 9.97 Å². The number of hydrogen-bond acceptors (Lipinski definition) is 7. The summed E-state index contributed by atoms with van der Waals surface area (Å²) >= 11 is 0. The van der Waals surface area contributed by atoms with E-state index in [0.717, 1.165) is 24.1 Å². The van der Waals surface area contributed by atoms with Crippen molar-refractivity contribution in [3.05, 3.63) is 89.6 Å². The second-order valence-electron chi connectivity index (χ2n) is 9.73. The van der Waals surface area contributed by atoms with Gasteiger partial charge in [-0.15, -0.1) is 0 Å². The van der Waals surface area contributed by atoms with Crippen molar-refractivity contribution in [3.8, 4) is 57.3 Å². The maximum atomic E-state index is 11.1. The van der Waals surface area contributed by atoms with Crippen molar-refractivity contribution >= 4 is 0 Å². The van der Waals surface area contributed by atoms with Gasteiger partial charge in [0.05, 0.1) is 16.8 Å². The molecule has 0 unspecified atom stereocenters. The van der Waals surface area contributed by atoms with Gasteiger partial charge in [-0.1, -0.05) is 57.0 Å². The van der Waals surface area contributed by atoms with Crippen LogP contribution < -0.4 is 0 Å². The number of hydrogen-bond donors (Lipinski definition) is 4. The smallest absolute Gasteiger partial charge is 0.180 e. The van der Waals surface area contributed by atoms with Crippen LogP contribution in [-0.2, 0) is 19.4 Å². The van der Waals surface area contributed by atoms with Crippen LogP contribution in [0.15, 0.2) is 72.9 Å². The van der Waals surface area contributed by atoms with Crippen LogP contribution in [0.3, 0.4) is 0 Å². The van der Waals surface area contributed by atoms with Crippen LogP contribution in [0.1, 0.15) is 43.4 Å². The number of phenols is 4. The molecule has 0 aliphatic carbocycles. The second-order valence-corrected chi connectivity index (χ2v) is 9.73. The number of aromatic nitrogens is 4. The van der Waals surface area contributed by atoms with Crippen LogP contribution in [0.2, 0.25) is 0 Å². The van der Waals surface area contributed by atoms with Gasteiger partial charge < -0.3 is 25.0 Å². The van der Waals surface area contributed by atoms with E-state index in [1.54, 1.807) is 12.1 Å². The van der Waals surface area contributed by atoms with Crippen molar-refractivity contribution in [1.82, 2.24) is 19.5 Å². The normalized spacial score (nSPS) is 11.2. The summed E-state index contributed by atoms with van der Waals surface area (Å²) in [5, 5.41) is 43.0. The third kappa shape index (κ3) is 5.20. The van der Waals surface area contributed by atoms with Crippen LogP contribution in [0.5, 0.6) is 23.0 Å². The van der Waals surface area contributed by atoms with E-state index >= 15 is 0 Å². The van der Waals surface area contributed by atoms with Crippen LogP contribution in [0.4, 0.5) is 0 Å². The number of benzene rings is 3. The molecular weight excluding hydrogens is 504 g/mol. The van der Waals surface area contributed by atoms with Gasteiger partial charge in [0.15, 0.2) is 17.5 Å². The van der Waals surface area contributed by atoms with Crippen molar-refractivity contribution in [2.24, 2.45) is 0 Å². The first kappa shape index (κ1) is 26.7. The summed E-state index contributed by atoms with van der Waals surface area (Å²) in [7, 11) is 0. The Hall–Kier alpha value is -4.85. The van der Waals surface area contributed by atoms with E-state index in [0.29, 0.717) is 47.5 Å². The number of rotatable bonds is 9. The number of aromatic hydroxyl groups is 4. The van der Waals surface area contributed by atoms with E-state index in [1.165, 1.54) is 12.1 Å². The van der Waals surface area contributed by atoms with Crippen LogP contribution >= 0.6 is 0 Å². The fourth-order valence-electron chi connectivity index (χ4n) is 4.87. The van der Waals surface area contributed by atoms with Gasteiger partial charge in [-0.25, -0.2) is 15.0 Å². The Labute approximate surface area is 232 Å².